The van der Waals surface area contributed by atoms with E-state index in [9.17, 15) is 5.11 Å². The standard InChI is InChI=1S/C14H16ClN3O2S/c15-11-4-1-3-10(7-11)13-16-18(14(21)20-13)9-17-6-2-5-12(19)8-17/h1,3-4,7,12,19H,2,5-6,8-9H2/p+1/t12-/m0/s1. The van der Waals surface area contributed by atoms with Gasteiger partial charge in [0.15, 0.2) is 6.67 Å². The molecule has 0 bridgehead atoms. The molecule has 0 radical (unpaired) electrons. The van der Waals surface area contributed by atoms with Gasteiger partial charge in [-0.15, -0.1) is 5.10 Å². The topological polar surface area (TPSA) is 55.6 Å². The number of hydrogen-bond donors (Lipinski definition) is 2. The maximum Gasteiger partial charge on any atom is 0.292 e. The van der Waals surface area contributed by atoms with E-state index in [2.05, 4.69) is 5.10 Å². The van der Waals surface area contributed by atoms with E-state index in [0.29, 0.717) is 22.4 Å². The fraction of sp³-hybridized carbons (Fsp3) is 0.429. The summed E-state index contributed by atoms with van der Waals surface area (Å²) in [6.07, 6.45) is 1.66. The summed E-state index contributed by atoms with van der Waals surface area (Å²) in [6, 6.07) is 7.33. The van der Waals surface area contributed by atoms with Crippen LogP contribution in [0.3, 0.4) is 0 Å². The van der Waals surface area contributed by atoms with Gasteiger partial charge in [0.1, 0.15) is 12.6 Å². The lowest BCUT2D eigenvalue weighted by Gasteiger charge is -2.26. The molecular weight excluding hydrogens is 310 g/mol. The van der Waals surface area contributed by atoms with Gasteiger partial charge in [-0.3, -0.25) is 0 Å². The maximum atomic E-state index is 9.73. The van der Waals surface area contributed by atoms with Crippen molar-refractivity contribution < 1.29 is 14.4 Å². The van der Waals surface area contributed by atoms with Gasteiger partial charge in [0.25, 0.3) is 4.84 Å². The Labute approximate surface area is 132 Å². The number of nitrogens with zero attached hydrogens (tertiary/aromatic N) is 2. The van der Waals surface area contributed by atoms with Crippen LogP contribution in [0.25, 0.3) is 11.5 Å². The third-order valence-corrected chi connectivity index (χ3v) is 4.17. The second-order valence-electron chi connectivity index (χ2n) is 5.34. The van der Waals surface area contributed by atoms with Crippen molar-refractivity contribution in [3.8, 4) is 11.5 Å². The van der Waals surface area contributed by atoms with Crippen LogP contribution in [-0.2, 0) is 6.67 Å². The van der Waals surface area contributed by atoms with Crippen LogP contribution in [0.15, 0.2) is 28.7 Å². The lowest BCUT2D eigenvalue weighted by Crippen LogP contribution is -3.13. The molecule has 112 valence electrons. The molecule has 1 unspecified atom stereocenters. The number of quaternary nitrogens is 1. The Bertz CT molecular complexity index is 685. The van der Waals surface area contributed by atoms with Gasteiger partial charge < -0.3 is 14.4 Å². The van der Waals surface area contributed by atoms with Crippen molar-refractivity contribution in [2.45, 2.75) is 25.6 Å². The zero-order valence-corrected chi connectivity index (χ0v) is 13.0. The van der Waals surface area contributed by atoms with E-state index in [0.717, 1.165) is 31.5 Å². The third kappa shape index (κ3) is 3.52. The summed E-state index contributed by atoms with van der Waals surface area (Å²) < 4.78 is 7.24. The highest BCUT2D eigenvalue weighted by atomic mass is 35.5. The summed E-state index contributed by atoms with van der Waals surface area (Å²) in [7, 11) is 0. The molecule has 0 saturated carbocycles. The van der Waals surface area contributed by atoms with E-state index in [1.807, 2.05) is 12.1 Å². The molecule has 1 aromatic heterocycles. The first-order chi connectivity index (χ1) is 10.1. The molecule has 5 nitrogen and oxygen atoms in total. The summed E-state index contributed by atoms with van der Waals surface area (Å²) >= 11 is 11.2. The molecule has 7 heteroatoms. The molecule has 3 rings (SSSR count). The Morgan fingerprint density at radius 2 is 2.38 bits per heavy atom. The molecule has 1 aliphatic heterocycles. The summed E-state index contributed by atoms with van der Waals surface area (Å²) in [5.74, 6) is 0.472. The van der Waals surface area contributed by atoms with Gasteiger partial charge in [0, 0.05) is 10.6 Å². The third-order valence-electron chi connectivity index (χ3n) is 3.64. The lowest BCUT2D eigenvalue weighted by molar-refractivity contribution is -0.931. The van der Waals surface area contributed by atoms with Crippen molar-refractivity contribution >= 4 is 23.8 Å². The normalized spacial score (nSPS) is 22.4. The van der Waals surface area contributed by atoms with Gasteiger partial charge in [-0.25, -0.2) is 0 Å². The zero-order chi connectivity index (χ0) is 14.8. The lowest BCUT2D eigenvalue weighted by atomic mass is 10.1. The van der Waals surface area contributed by atoms with Crippen LogP contribution < -0.4 is 4.90 Å². The minimum absolute atomic E-state index is 0.234. The van der Waals surface area contributed by atoms with Crippen molar-refractivity contribution in [1.29, 1.82) is 0 Å². The number of nitrogens with one attached hydrogen (secondary N) is 1. The van der Waals surface area contributed by atoms with E-state index in [1.165, 1.54) is 4.90 Å². The van der Waals surface area contributed by atoms with Crippen LogP contribution in [0.2, 0.25) is 5.02 Å². The van der Waals surface area contributed by atoms with Crippen molar-refractivity contribution in [3.05, 3.63) is 34.1 Å². The first kappa shape index (κ1) is 14.7. The molecule has 0 amide bonds. The smallest absolute Gasteiger partial charge is 0.292 e. The monoisotopic (exact) mass is 326 g/mol. The van der Waals surface area contributed by atoms with E-state index >= 15 is 0 Å². The highest BCUT2D eigenvalue weighted by Gasteiger charge is 2.22. The highest BCUT2D eigenvalue weighted by Crippen LogP contribution is 2.21. The number of hydrogen-bond acceptors (Lipinski definition) is 4. The van der Waals surface area contributed by atoms with E-state index < -0.39 is 0 Å². The Morgan fingerprint density at radius 1 is 1.52 bits per heavy atom. The molecule has 2 atom stereocenters. The first-order valence-electron chi connectivity index (χ1n) is 6.97. The molecule has 2 heterocycles. The minimum atomic E-state index is -0.234. The molecule has 1 saturated heterocycles. The number of benzene rings is 1. The van der Waals surface area contributed by atoms with Gasteiger partial charge >= 0.3 is 0 Å². The molecule has 0 aliphatic carbocycles. The molecule has 1 fully saturated rings. The van der Waals surface area contributed by atoms with Crippen molar-refractivity contribution in [3.63, 3.8) is 0 Å². The number of halogens is 1. The quantitative estimate of drug-likeness (QED) is 0.840. The molecule has 1 aliphatic rings. The Balaban J connectivity index is 1.80. The number of piperidine rings is 1. The Hall–Kier alpha value is -1.21. The average Bonchev–Trinajstić information content (AvgIpc) is 2.80. The van der Waals surface area contributed by atoms with Crippen molar-refractivity contribution in [2.24, 2.45) is 0 Å². The van der Waals surface area contributed by atoms with Gasteiger partial charge in [0.05, 0.1) is 6.54 Å². The summed E-state index contributed by atoms with van der Waals surface area (Å²) in [5.41, 5.74) is 0.807. The van der Waals surface area contributed by atoms with Crippen LogP contribution in [0.5, 0.6) is 0 Å². The predicted octanol–water partition coefficient (Wildman–Crippen LogP) is 1.52. The molecule has 21 heavy (non-hydrogen) atoms. The zero-order valence-electron chi connectivity index (χ0n) is 11.5. The van der Waals surface area contributed by atoms with E-state index in [1.54, 1.807) is 16.8 Å². The fourth-order valence-corrected chi connectivity index (χ4v) is 3.00. The highest BCUT2D eigenvalue weighted by molar-refractivity contribution is 7.71. The molecular formula is C14H17ClN3O2S+. The fourth-order valence-electron chi connectivity index (χ4n) is 2.62. The number of likely N-dealkylation sites (tertiary alicyclic amines) is 1. The number of aliphatic hydroxyl groups is 1. The van der Waals surface area contributed by atoms with Gasteiger partial charge in [-0.2, -0.15) is 4.68 Å². The second kappa shape index (κ2) is 6.27. The van der Waals surface area contributed by atoms with Gasteiger partial charge in [0.2, 0.25) is 5.89 Å². The SMILES string of the molecule is O[C@H]1CCC[NH+](Cn2nc(-c3cccc(Cl)c3)oc2=S)C1. The Kier molecular flexibility index (Phi) is 4.40. The van der Waals surface area contributed by atoms with Crippen molar-refractivity contribution in [1.82, 2.24) is 9.78 Å². The van der Waals surface area contributed by atoms with E-state index in [-0.39, 0.29) is 6.10 Å². The van der Waals surface area contributed by atoms with E-state index in [4.69, 9.17) is 28.2 Å². The first-order valence-corrected chi connectivity index (χ1v) is 7.76. The largest absolute Gasteiger partial charge is 0.409 e. The molecule has 2 N–H and O–H groups in total. The summed E-state index contributed by atoms with van der Waals surface area (Å²) in [4.78, 5) is 1.60. The van der Waals surface area contributed by atoms with Crippen LogP contribution in [0, 0.1) is 4.84 Å². The number of aromatic nitrogens is 2. The number of aliphatic hydroxyl groups excluding tert-OH is 1. The van der Waals surface area contributed by atoms with Gasteiger partial charge in [-0.1, -0.05) is 17.7 Å². The number of rotatable bonds is 3. The molecule has 1 aromatic carbocycles. The summed E-state index contributed by atoms with van der Waals surface area (Å²) in [5, 5.41) is 14.8. The summed E-state index contributed by atoms with van der Waals surface area (Å²) in [6.45, 7) is 2.35. The minimum Gasteiger partial charge on any atom is -0.409 e. The van der Waals surface area contributed by atoms with Crippen LogP contribution >= 0.6 is 23.8 Å². The second-order valence-corrected chi connectivity index (χ2v) is 6.13. The van der Waals surface area contributed by atoms with Crippen molar-refractivity contribution in [2.75, 3.05) is 13.1 Å². The van der Waals surface area contributed by atoms with Gasteiger partial charge in [-0.05, 0) is 43.3 Å². The van der Waals surface area contributed by atoms with Crippen LogP contribution in [0.4, 0.5) is 0 Å². The molecule has 0 spiro atoms. The maximum absolute atomic E-state index is 9.73. The van der Waals surface area contributed by atoms with Crippen LogP contribution in [0.1, 0.15) is 12.8 Å². The Morgan fingerprint density at radius 3 is 3.14 bits per heavy atom. The predicted molar refractivity (Wildman–Crippen MR) is 81.7 cm³/mol. The average molecular weight is 327 g/mol. The molecule has 2 aromatic rings. The van der Waals surface area contributed by atoms with Crippen LogP contribution in [-0.4, -0.2) is 34.1 Å².